The van der Waals surface area contributed by atoms with Crippen molar-refractivity contribution in [3.63, 3.8) is 0 Å². The number of benzene rings is 1. The molecule has 2 aromatic rings. The quantitative estimate of drug-likeness (QED) is 0.872. The number of carbonyl (C=O) groups is 1. The standard InChI is InChI=1S/C12H13FN4O3S/c1-7-5-11(17(2)16-7)12(18)15-10-4-3-8(6-9(10)13)21(14,19)20/h3-6H,1-2H3,(H,15,18)(H2,14,19,20). The molecule has 9 heteroatoms. The van der Waals surface area contributed by atoms with E-state index in [1.54, 1.807) is 20.0 Å². The van der Waals surface area contributed by atoms with E-state index in [-0.39, 0.29) is 16.3 Å². The number of sulfonamides is 1. The molecule has 0 bridgehead atoms. The van der Waals surface area contributed by atoms with Crippen molar-refractivity contribution in [2.75, 3.05) is 5.32 Å². The highest BCUT2D eigenvalue weighted by Crippen LogP contribution is 2.19. The van der Waals surface area contributed by atoms with Gasteiger partial charge in [0.1, 0.15) is 11.5 Å². The number of aromatic nitrogens is 2. The lowest BCUT2D eigenvalue weighted by Gasteiger charge is -2.07. The van der Waals surface area contributed by atoms with Crippen molar-refractivity contribution < 1.29 is 17.6 Å². The van der Waals surface area contributed by atoms with E-state index < -0.39 is 21.7 Å². The Hall–Kier alpha value is -2.26. The molecule has 0 radical (unpaired) electrons. The van der Waals surface area contributed by atoms with Gasteiger partial charge in [-0.05, 0) is 31.2 Å². The zero-order valence-corrected chi connectivity index (χ0v) is 12.1. The number of primary sulfonamides is 1. The summed E-state index contributed by atoms with van der Waals surface area (Å²) in [4.78, 5) is 11.6. The second-order valence-corrected chi connectivity index (χ2v) is 6.00. The molecule has 1 aromatic heterocycles. The Labute approximate surface area is 120 Å². The van der Waals surface area contributed by atoms with E-state index in [9.17, 15) is 17.6 Å². The van der Waals surface area contributed by atoms with Gasteiger partial charge in [-0.1, -0.05) is 0 Å². The molecule has 0 aliphatic rings. The molecule has 0 fully saturated rings. The minimum atomic E-state index is -3.99. The average molecular weight is 312 g/mol. The molecule has 21 heavy (non-hydrogen) atoms. The van der Waals surface area contributed by atoms with Gasteiger partial charge in [0.2, 0.25) is 10.0 Å². The smallest absolute Gasteiger partial charge is 0.274 e. The highest BCUT2D eigenvalue weighted by atomic mass is 32.2. The fraction of sp³-hybridized carbons (Fsp3) is 0.167. The lowest BCUT2D eigenvalue weighted by molar-refractivity contribution is 0.101. The Morgan fingerprint density at radius 3 is 2.52 bits per heavy atom. The predicted octanol–water partition coefficient (Wildman–Crippen LogP) is 0.767. The molecular weight excluding hydrogens is 299 g/mol. The second-order valence-electron chi connectivity index (χ2n) is 4.44. The molecule has 2 rings (SSSR count). The summed E-state index contributed by atoms with van der Waals surface area (Å²) in [5, 5.41) is 11.3. The van der Waals surface area contributed by atoms with Crippen LogP contribution < -0.4 is 10.5 Å². The number of aryl methyl sites for hydroxylation is 2. The van der Waals surface area contributed by atoms with Crippen LogP contribution in [-0.4, -0.2) is 24.1 Å². The molecule has 1 heterocycles. The van der Waals surface area contributed by atoms with Crippen LogP contribution in [0.4, 0.5) is 10.1 Å². The summed E-state index contributed by atoms with van der Waals surface area (Å²) in [6.07, 6.45) is 0. The Morgan fingerprint density at radius 2 is 2.05 bits per heavy atom. The van der Waals surface area contributed by atoms with Gasteiger partial charge >= 0.3 is 0 Å². The minimum Gasteiger partial charge on any atom is -0.318 e. The summed E-state index contributed by atoms with van der Waals surface area (Å²) in [5.74, 6) is -1.45. The molecule has 112 valence electrons. The average Bonchev–Trinajstić information content (AvgIpc) is 2.69. The molecule has 0 atom stereocenters. The first-order chi connectivity index (χ1) is 9.68. The lowest BCUT2D eigenvalue weighted by atomic mass is 10.3. The number of halogens is 1. The number of anilines is 1. The molecule has 1 aromatic carbocycles. The van der Waals surface area contributed by atoms with Gasteiger partial charge in [-0.3, -0.25) is 9.48 Å². The Balaban J connectivity index is 2.28. The SMILES string of the molecule is Cc1cc(C(=O)Nc2ccc(S(N)(=O)=O)cc2F)n(C)n1. The topological polar surface area (TPSA) is 107 Å². The van der Waals surface area contributed by atoms with Gasteiger partial charge in [0.05, 0.1) is 16.3 Å². The normalized spacial score (nSPS) is 11.4. The number of hydrogen-bond donors (Lipinski definition) is 2. The van der Waals surface area contributed by atoms with Crippen LogP contribution in [0.25, 0.3) is 0 Å². The van der Waals surface area contributed by atoms with Crippen LogP contribution in [0.5, 0.6) is 0 Å². The number of hydrogen-bond acceptors (Lipinski definition) is 4. The van der Waals surface area contributed by atoms with Crippen LogP contribution in [0.3, 0.4) is 0 Å². The number of carbonyl (C=O) groups excluding carboxylic acids is 1. The van der Waals surface area contributed by atoms with Crippen LogP contribution in [-0.2, 0) is 17.1 Å². The summed E-state index contributed by atoms with van der Waals surface area (Å²) >= 11 is 0. The molecule has 7 nitrogen and oxygen atoms in total. The second kappa shape index (κ2) is 5.26. The number of amides is 1. The highest BCUT2D eigenvalue weighted by Gasteiger charge is 2.16. The Morgan fingerprint density at radius 1 is 1.38 bits per heavy atom. The number of nitrogens with zero attached hydrogens (tertiary/aromatic N) is 2. The fourth-order valence-corrected chi connectivity index (χ4v) is 2.31. The third kappa shape index (κ3) is 3.26. The molecule has 1 amide bonds. The van der Waals surface area contributed by atoms with Gasteiger partial charge < -0.3 is 5.32 Å². The van der Waals surface area contributed by atoms with E-state index >= 15 is 0 Å². The molecular formula is C12H13FN4O3S. The van der Waals surface area contributed by atoms with Crippen molar-refractivity contribution in [3.8, 4) is 0 Å². The van der Waals surface area contributed by atoms with Crippen LogP contribution >= 0.6 is 0 Å². The molecule has 0 saturated carbocycles. The van der Waals surface area contributed by atoms with E-state index in [4.69, 9.17) is 5.14 Å². The Bertz CT molecular complexity index is 814. The maximum Gasteiger partial charge on any atom is 0.274 e. The molecule has 0 saturated heterocycles. The van der Waals surface area contributed by atoms with Gasteiger partial charge in [0, 0.05) is 7.05 Å². The van der Waals surface area contributed by atoms with Gasteiger partial charge in [-0.25, -0.2) is 17.9 Å². The van der Waals surface area contributed by atoms with Crippen molar-refractivity contribution in [1.82, 2.24) is 9.78 Å². The van der Waals surface area contributed by atoms with Crippen LogP contribution in [0, 0.1) is 12.7 Å². The molecule has 3 N–H and O–H groups in total. The molecule has 0 spiro atoms. The molecule has 0 unspecified atom stereocenters. The molecule has 0 aliphatic heterocycles. The van der Waals surface area contributed by atoms with Gasteiger partial charge in [0.15, 0.2) is 0 Å². The number of nitrogens with two attached hydrogens (primary N) is 1. The van der Waals surface area contributed by atoms with Crippen LogP contribution in [0.2, 0.25) is 0 Å². The first-order valence-electron chi connectivity index (χ1n) is 5.83. The van der Waals surface area contributed by atoms with Crippen molar-refractivity contribution in [1.29, 1.82) is 0 Å². The maximum absolute atomic E-state index is 13.8. The minimum absolute atomic E-state index is 0.147. The van der Waals surface area contributed by atoms with Crippen molar-refractivity contribution in [3.05, 3.63) is 41.5 Å². The van der Waals surface area contributed by atoms with Crippen LogP contribution in [0.15, 0.2) is 29.2 Å². The van der Waals surface area contributed by atoms with Gasteiger partial charge in [-0.15, -0.1) is 0 Å². The Kier molecular flexibility index (Phi) is 3.79. The first-order valence-corrected chi connectivity index (χ1v) is 7.37. The summed E-state index contributed by atoms with van der Waals surface area (Å²) in [7, 11) is -2.41. The van der Waals surface area contributed by atoms with E-state index in [1.165, 1.54) is 4.68 Å². The molecule has 0 aliphatic carbocycles. The van der Waals surface area contributed by atoms with Gasteiger partial charge in [0.25, 0.3) is 5.91 Å². The number of rotatable bonds is 3. The largest absolute Gasteiger partial charge is 0.318 e. The van der Waals surface area contributed by atoms with Crippen molar-refractivity contribution >= 4 is 21.6 Å². The van der Waals surface area contributed by atoms with E-state index in [0.717, 1.165) is 18.2 Å². The van der Waals surface area contributed by atoms with E-state index in [2.05, 4.69) is 10.4 Å². The third-order valence-electron chi connectivity index (χ3n) is 2.75. The van der Waals surface area contributed by atoms with Crippen LogP contribution in [0.1, 0.15) is 16.2 Å². The summed E-state index contributed by atoms with van der Waals surface area (Å²) in [5.41, 5.74) is 0.751. The summed E-state index contributed by atoms with van der Waals surface area (Å²) < 4.78 is 37.4. The zero-order valence-electron chi connectivity index (χ0n) is 11.3. The lowest BCUT2D eigenvalue weighted by Crippen LogP contribution is -2.17. The monoisotopic (exact) mass is 312 g/mol. The van der Waals surface area contributed by atoms with E-state index in [1.807, 2.05) is 0 Å². The van der Waals surface area contributed by atoms with Crippen molar-refractivity contribution in [2.45, 2.75) is 11.8 Å². The third-order valence-corrected chi connectivity index (χ3v) is 3.66. The summed E-state index contributed by atoms with van der Waals surface area (Å²) in [6.45, 7) is 1.72. The fourth-order valence-electron chi connectivity index (χ4n) is 1.78. The predicted molar refractivity (Wildman–Crippen MR) is 73.7 cm³/mol. The maximum atomic E-state index is 13.8. The number of nitrogens with one attached hydrogen (secondary N) is 1. The van der Waals surface area contributed by atoms with E-state index in [0.29, 0.717) is 5.69 Å². The summed E-state index contributed by atoms with van der Waals surface area (Å²) in [6, 6.07) is 4.55. The zero-order chi connectivity index (χ0) is 15.8. The van der Waals surface area contributed by atoms with Gasteiger partial charge in [-0.2, -0.15) is 5.10 Å². The highest BCUT2D eigenvalue weighted by molar-refractivity contribution is 7.89. The first kappa shape index (κ1) is 15.1. The van der Waals surface area contributed by atoms with Crippen molar-refractivity contribution in [2.24, 2.45) is 12.2 Å².